The van der Waals surface area contributed by atoms with E-state index < -0.39 is 0 Å². The standard InChI is InChI=1S/C21H21N3S/c1-16-9-11-18(12-10-16)15-23-21(25)24-20-19(8-5-13-22-20)14-17-6-3-2-4-7-17/h2-13H,14-15H2,1H3,(H2,22,23,24,25). The summed E-state index contributed by atoms with van der Waals surface area (Å²) in [5.74, 6) is 0.799. The third kappa shape index (κ3) is 5.13. The van der Waals surface area contributed by atoms with E-state index in [0.717, 1.165) is 17.8 Å². The molecule has 25 heavy (non-hydrogen) atoms. The Morgan fingerprint density at radius 1 is 0.920 bits per heavy atom. The minimum absolute atomic E-state index is 0.577. The molecule has 126 valence electrons. The highest BCUT2D eigenvalue weighted by Gasteiger charge is 2.06. The van der Waals surface area contributed by atoms with Crippen molar-refractivity contribution in [2.24, 2.45) is 0 Å². The van der Waals surface area contributed by atoms with Crippen molar-refractivity contribution < 1.29 is 0 Å². The minimum Gasteiger partial charge on any atom is -0.358 e. The van der Waals surface area contributed by atoms with Gasteiger partial charge in [-0.3, -0.25) is 0 Å². The van der Waals surface area contributed by atoms with E-state index in [4.69, 9.17) is 12.2 Å². The Morgan fingerprint density at radius 2 is 1.68 bits per heavy atom. The second kappa shape index (κ2) is 8.40. The van der Waals surface area contributed by atoms with Crippen LogP contribution in [-0.4, -0.2) is 10.1 Å². The molecule has 4 heteroatoms. The maximum absolute atomic E-state index is 5.42. The molecule has 0 fully saturated rings. The number of hydrogen-bond donors (Lipinski definition) is 2. The van der Waals surface area contributed by atoms with Crippen molar-refractivity contribution in [3.8, 4) is 0 Å². The lowest BCUT2D eigenvalue weighted by molar-refractivity contribution is 0.923. The Hall–Kier alpha value is -2.72. The van der Waals surface area contributed by atoms with E-state index in [0.29, 0.717) is 11.7 Å². The predicted molar refractivity (Wildman–Crippen MR) is 108 cm³/mol. The van der Waals surface area contributed by atoms with Gasteiger partial charge in [-0.1, -0.05) is 66.2 Å². The summed E-state index contributed by atoms with van der Waals surface area (Å²) in [6.07, 6.45) is 2.59. The second-order valence-corrected chi connectivity index (χ2v) is 6.38. The number of benzene rings is 2. The van der Waals surface area contributed by atoms with E-state index >= 15 is 0 Å². The van der Waals surface area contributed by atoms with Gasteiger partial charge in [0.1, 0.15) is 5.82 Å². The van der Waals surface area contributed by atoms with E-state index in [1.54, 1.807) is 6.20 Å². The van der Waals surface area contributed by atoms with E-state index in [1.165, 1.54) is 16.7 Å². The van der Waals surface area contributed by atoms with Gasteiger partial charge in [0.2, 0.25) is 0 Å². The van der Waals surface area contributed by atoms with Crippen molar-refractivity contribution in [3.63, 3.8) is 0 Å². The summed E-state index contributed by atoms with van der Waals surface area (Å²) in [6, 6.07) is 22.8. The molecule has 0 atom stereocenters. The van der Waals surface area contributed by atoms with Crippen LogP contribution >= 0.6 is 12.2 Å². The van der Waals surface area contributed by atoms with Crippen LogP contribution in [0.4, 0.5) is 5.82 Å². The SMILES string of the molecule is Cc1ccc(CNC(=S)Nc2ncccc2Cc2ccccc2)cc1. The second-order valence-electron chi connectivity index (χ2n) is 5.97. The molecule has 1 aromatic heterocycles. The number of hydrogen-bond acceptors (Lipinski definition) is 2. The van der Waals surface area contributed by atoms with Gasteiger partial charge < -0.3 is 10.6 Å². The fourth-order valence-electron chi connectivity index (χ4n) is 2.55. The first kappa shape index (κ1) is 17.1. The summed E-state index contributed by atoms with van der Waals surface area (Å²) >= 11 is 5.42. The van der Waals surface area contributed by atoms with Gasteiger partial charge in [-0.15, -0.1) is 0 Å². The molecule has 0 radical (unpaired) electrons. The summed E-state index contributed by atoms with van der Waals surface area (Å²) < 4.78 is 0. The maximum atomic E-state index is 5.42. The number of nitrogens with one attached hydrogen (secondary N) is 2. The molecule has 2 aromatic carbocycles. The van der Waals surface area contributed by atoms with Crippen molar-refractivity contribution >= 4 is 23.1 Å². The predicted octanol–water partition coefficient (Wildman–Crippen LogP) is 4.47. The largest absolute Gasteiger partial charge is 0.358 e. The maximum Gasteiger partial charge on any atom is 0.172 e. The zero-order valence-electron chi connectivity index (χ0n) is 14.2. The monoisotopic (exact) mass is 347 g/mol. The van der Waals surface area contributed by atoms with Crippen molar-refractivity contribution in [2.45, 2.75) is 19.9 Å². The summed E-state index contributed by atoms with van der Waals surface area (Å²) in [7, 11) is 0. The number of anilines is 1. The third-order valence-electron chi connectivity index (χ3n) is 3.93. The van der Waals surface area contributed by atoms with Crippen molar-refractivity contribution in [3.05, 3.63) is 95.2 Å². The molecule has 0 spiro atoms. The Kier molecular flexibility index (Phi) is 5.75. The minimum atomic E-state index is 0.577. The van der Waals surface area contributed by atoms with Gasteiger partial charge in [-0.05, 0) is 41.9 Å². The lowest BCUT2D eigenvalue weighted by Gasteiger charge is -2.13. The molecule has 0 aliphatic rings. The Bertz CT molecular complexity index is 829. The zero-order chi connectivity index (χ0) is 17.5. The quantitative estimate of drug-likeness (QED) is 0.668. The number of rotatable bonds is 5. The van der Waals surface area contributed by atoms with Crippen molar-refractivity contribution in [2.75, 3.05) is 5.32 Å². The fourth-order valence-corrected chi connectivity index (χ4v) is 2.72. The molecule has 0 saturated carbocycles. The smallest absolute Gasteiger partial charge is 0.172 e. The van der Waals surface area contributed by atoms with Crippen LogP contribution < -0.4 is 10.6 Å². The molecule has 0 saturated heterocycles. The van der Waals surface area contributed by atoms with Gasteiger partial charge in [0, 0.05) is 19.2 Å². The third-order valence-corrected chi connectivity index (χ3v) is 4.18. The van der Waals surface area contributed by atoms with Gasteiger partial charge >= 0.3 is 0 Å². The Balaban J connectivity index is 1.62. The Labute approximate surface area is 154 Å². The average Bonchev–Trinajstić information content (AvgIpc) is 2.64. The topological polar surface area (TPSA) is 37.0 Å². The van der Waals surface area contributed by atoms with Crippen LogP contribution in [0.15, 0.2) is 72.9 Å². The van der Waals surface area contributed by atoms with Crippen LogP contribution in [-0.2, 0) is 13.0 Å². The van der Waals surface area contributed by atoms with Crippen LogP contribution in [0.1, 0.15) is 22.3 Å². The lowest BCUT2D eigenvalue weighted by atomic mass is 10.1. The van der Waals surface area contributed by atoms with E-state index in [2.05, 4.69) is 65.0 Å². The van der Waals surface area contributed by atoms with Gasteiger partial charge in [0.05, 0.1) is 0 Å². The molecule has 0 aliphatic carbocycles. The van der Waals surface area contributed by atoms with Gasteiger partial charge in [0.15, 0.2) is 5.11 Å². The fraction of sp³-hybridized carbons (Fsp3) is 0.143. The van der Waals surface area contributed by atoms with Crippen LogP contribution in [0.5, 0.6) is 0 Å². The molecule has 0 bridgehead atoms. The summed E-state index contributed by atoms with van der Waals surface area (Å²) in [4.78, 5) is 4.44. The number of thiocarbonyl (C=S) groups is 1. The first-order valence-corrected chi connectivity index (χ1v) is 8.70. The molecule has 2 N–H and O–H groups in total. The molecule has 0 unspecified atom stereocenters. The van der Waals surface area contributed by atoms with Crippen LogP contribution in [0.25, 0.3) is 0 Å². The van der Waals surface area contributed by atoms with Gasteiger partial charge in [-0.2, -0.15) is 0 Å². The Morgan fingerprint density at radius 3 is 2.44 bits per heavy atom. The van der Waals surface area contributed by atoms with E-state index in [1.807, 2.05) is 24.3 Å². The average molecular weight is 347 g/mol. The first-order valence-electron chi connectivity index (χ1n) is 8.29. The highest BCUT2D eigenvalue weighted by Crippen LogP contribution is 2.16. The molecule has 0 amide bonds. The molecule has 3 rings (SSSR count). The lowest BCUT2D eigenvalue weighted by Crippen LogP contribution is -2.28. The molecule has 0 aliphatic heterocycles. The summed E-state index contributed by atoms with van der Waals surface area (Å²) in [5, 5.41) is 7.04. The van der Waals surface area contributed by atoms with Gasteiger partial charge in [-0.25, -0.2) is 4.98 Å². The number of nitrogens with zero attached hydrogens (tertiary/aromatic N) is 1. The molecule has 1 heterocycles. The number of pyridine rings is 1. The van der Waals surface area contributed by atoms with Gasteiger partial charge in [0.25, 0.3) is 0 Å². The van der Waals surface area contributed by atoms with Crippen LogP contribution in [0.2, 0.25) is 0 Å². The molecule has 3 nitrogen and oxygen atoms in total. The zero-order valence-corrected chi connectivity index (χ0v) is 15.0. The van der Waals surface area contributed by atoms with Crippen LogP contribution in [0, 0.1) is 6.92 Å². The normalized spacial score (nSPS) is 10.3. The molecular formula is C21H21N3S. The summed E-state index contributed by atoms with van der Waals surface area (Å²) in [5.41, 5.74) is 4.81. The highest BCUT2D eigenvalue weighted by atomic mass is 32.1. The number of aromatic nitrogens is 1. The van der Waals surface area contributed by atoms with Crippen LogP contribution in [0.3, 0.4) is 0 Å². The van der Waals surface area contributed by atoms with E-state index in [-0.39, 0.29) is 0 Å². The molecular weight excluding hydrogens is 326 g/mol. The first-order chi connectivity index (χ1) is 12.2. The highest BCUT2D eigenvalue weighted by molar-refractivity contribution is 7.80. The van der Waals surface area contributed by atoms with Crippen molar-refractivity contribution in [1.82, 2.24) is 10.3 Å². The van der Waals surface area contributed by atoms with Crippen molar-refractivity contribution in [1.29, 1.82) is 0 Å². The van der Waals surface area contributed by atoms with E-state index in [9.17, 15) is 0 Å². The summed E-state index contributed by atoms with van der Waals surface area (Å²) in [6.45, 7) is 2.77. The number of aryl methyl sites for hydroxylation is 1. The molecule has 3 aromatic rings.